The molecule has 1 amide bonds. The third kappa shape index (κ3) is 1.84. The fraction of sp³-hybridized carbons (Fsp3) is 0.500. The summed E-state index contributed by atoms with van der Waals surface area (Å²) in [6.45, 7) is 2.99. The Labute approximate surface area is 101 Å². The minimum Gasteiger partial charge on any atom is -0.386 e. The van der Waals surface area contributed by atoms with Crippen molar-refractivity contribution in [3.05, 3.63) is 35.4 Å². The van der Waals surface area contributed by atoms with E-state index in [9.17, 15) is 9.90 Å². The predicted octanol–water partition coefficient (Wildman–Crippen LogP) is 1.59. The predicted molar refractivity (Wildman–Crippen MR) is 64.8 cm³/mol. The lowest BCUT2D eigenvalue weighted by Gasteiger charge is -2.47. The van der Waals surface area contributed by atoms with Gasteiger partial charge >= 0.3 is 0 Å². The van der Waals surface area contributed by atoms with Crippen LogP contribution in [0, 0.1) is 12.8 Å². The molecule has 1 aliphatic carbocycles. The summed E-state index contributed by atoms with van der Waals surface area (Å²) in [5.41, 5.74) is 1.23. The number of β-amino-alcohol motifs (C(OH)–C–C–N with tert-alkyl or cyclic N) is 1. The molecule has 0 unspecified atom stereocenters. The number of carbonyl (C=O) groups is 1. The van der Waals surface area contributed by atoms with E-state index >= 15 is 0 Å². The molecule has 0 radical (unpaired) electrons. The fourth-order valence-electron chi connectivity index (χ4n) is 2.60. The van der Waals surface area contributed by atoms with Crippen molar-refractivity contribution in [3.63, 3.8) is 0 Å². The van der Waals surface area contributed by atoms with Gasteiger partial charge in [-0.25, -0.2) is 0 Å². The third-order valence-electron chi connectivity index (χ3n) is 3.82. The van der Waals surface area contributed by atoms with Crippen LogP contribution in [-0.4, -0.2) is 34.6 Å². The number of aryl methyl sites for hydroxylation is 1. The van der Waals surface area contributed by atoms with Crippen LogP contribution in [0.3, 0.4) is 0 Å². The lowest BCUT2D eigenvalue weighted by atomic mass is 9.88. The Hall–Kier alpha value is -1.35. The van der Waals surface area contributed by atoms with Crippen molar-refractivity contribution in [1.29, 1.82) is 0 Å². The standard InChI is InChI=1S/C14H17NO2/c1-10-3-2-4-11(7-10)13(16)15-8-14(17,9-15)12-5-6-12/h2-4,7,12,17H,5-6,8-9H2,1H3. The monoisotopic (exact) mass is 231 g/mol. The molecule has 3 nitrogen and oxygen atoms in total. The molecule has 1 aliphatic heterocycles. The Balaban J connectivity index is 1.69. The van der Waals surface area contributed by atoms with Gasteiger partial charge in [-0.05, 0) is 37.8 Å². The second-order valence-electron chi connectivity index (χ2n) is 5.41. The van der Waals surface area contributed by atoms with Crippen molar-refractivity contribution in [3.8, 4) is 0 Å². The molecule has 3 rings (SSSR count). The van der Waals surface area contributed by atoms with Gasteiger partial charge in [0.2, 0.25) is 0 Å². The summed E-state index contributed by atoms with van der Waals surface area (Å²) in [6, 6.07) is 7.61. The number of benzene rings is 1. The molecule has 17 heavy (non-hydrogen) atoms. The van der Waals surface area contributed by atoms with E-state index in [1.807, 2.05) is 31.2 Å². The largest absolute Gasteiger partial charge is 0.386 e. The van der Waals surface area contributed by atoms with Crippen molar-refractivity contribution < 1.29 is 9.90 Å². The van der Waals surface area contributed by atoms with Crippen molar-refractivity contribution >= 4 is 5.91 Å². The number of aliphatic hydroxyl groups is 1. The van der Waals surface area contributed by atoms with E-state index < -0.39 is 5.60 Å². The first-order valence-corrected chi connectivity index (χ1v) is 6.17. The smallest absolute Gasteiger partial charge is 0.254 e. The second-order valence-corrected chi connectivity index (χ2v) is 5.41. The van der Waals surface area contributed by atoms with E-state index in [1.54, 1.807) is 4.90 Å². The molecular weight excluding hydrogens is 214 g/mol. The van der Waals surface area contributed by atoms with E-state index in [1.165, 1.54) is 0 Å². The molecule has 1 N–H and O–H groups in total. The minimum atomic E-state index is -0.584. The summed E-state index contributed by atoms with van der Waals surface area (Å²) in [5.74, 6) is 0.475. The van der Waals surface area contributed by atoms with Gasteiger partial charge in [-0.2, -0.15) is 0 Å². The average Bonchev–Trinajstić information content (AvgIpc) is 3.08. The Kier molecular flexibility index (Phi) is 2.26. The number of hydrogen-bond acceptors (Lipinski definition) is 2. The van der Waals surface area contributed by atoms with Gasteiger partial charge < -0.3 is 10.0 Å². The van der Waals surface area contributed by atoms with Gasteiger partial charge in [0.05, 0.1) is 13.1 Å². The molecule has 90 valence electrons. The molecule has 1 aromatic rings. The van der Waals surface area contributed by atoms with Gasteiger partial charge in [0.1, 0.15) is 5.60 Å². The number of carbonyl (C=O) groups excluding carboxylic acids is 1. The Morgan fingerprint density at radius 3 is 2.71 bits per heavy atom. The molecule has 2 aliphatic rings. The summed E-state index contributed by atoms with van der Waals surface area (Å²) in [5, 5.41) is 10.2. The van der Waals surface area contributed by atoms with Crippen molar-refractivity contribution in [1.82, 2.24) is 4.90 Å². The maximum atomic E-state index is 12.1. The first kappa shape index (κ1) is 10.8. The lowest BCUT2D eigenvalue weighted by Crippen LogP contribution is -2.64. The van der Waals surface area contributed by atoms with Crippen LogP contribution < -0.4 is 0 Å². The molecule has 1 saturated carbocycles. The Morgan fingerprint density at radius 2 is 2.12 bits per heavy atom. The maximum Gasteiger partial charge on any atom is 0.254 e. The topological polar surface area (TPSA) is 40.5 Å². The highest BCUT2D eigenvalue weighted by atomic mass is 16.3. The summed E-state index contributed by atoms with van der Waals surface area (Å²) in [4.78, 5) is 13.9. The number of rotatable bonds is 2. The molecule has 0 atom stereocenters. The van der Waals surface area contributed by atoms with Gasteiger partial charge in [-0.1, -0.05) is 17.7 Å². The van der Waals surface area contributed by atoms with Gasteiger partial charge in [0.15, 0.2) is 0 Å². The van der Waals surface area contributed by atoms with E-state index in [2.05, 4.69) is 0 Å². The molecule has 0 bridgehead atoms. The van der Waals surface area contributed by atoms with Crippen LogP contribution in [0.25, 0.3) is 0 Å². The molecule has 1 saturated heterocycles. The molecule has 1 aromatic carbocycles. The van der Waals surface area contributed by atoms with Crippen LogP contribution in [0.5, 0.6) is 0 Å². The van der Waals surface area contributed by atoms with Gasteiger partial charge in [0.25, 0.3) is 5.91 Å². The number of nitrogens with zero attached hydrogens (tertiary/aromatic N) is 1. The average molecular weight is 231 g/mol. The first-order valence-electron chi connectivity index (χ1n) is 6.17. The summed E-state index contributed by atoms with van der Waals surface area (Å²) in [6.07, 6.45) is 2.23. The van der Waals surface area contributed by atoms with Crippen LogP contribution in [0.4, 0.5) is 0 Å². The maximum absolute atomic E-state index is 12.1. The van der Waals surface area contributed by atoms with E-state index in [0.29, 0.717) is 19.0 Å². The highest BCUT2D eigenvalue weighted by Gasteiger charge is 2.53. The van der Waals surface area contributed by atoms with Crippen LogP contribution in [0.15, 0.2) is 24.3 Å². The summed E-state index contributed by atoms with van der Waals surface area (Å²) >= 11 is 0. The molecule has 0 spiro atoms. The summed E-state index contributed by atoms with van der Waals surface area (Å²) < 4.78 is 0. The first-order chi connectivity index (χ1) is 8.08. The SMILES string of the molecule is Cc1cccc(C(=O)N2CC(O)(C3CC3)C2)c1. The number of likely N-dealkylation sites (tertiary alicyclic amines) is 1. The van der Waals surface area contributed by atoms with Crippen LogP contribution in [0.2, 0.25) is 0 Å². The van der Waals surface area contributed by atoms with Crippen LogP contribution >= 0.6 is 0 Å². The lowest BCUT2D eigenvalue weighted by molar-refractivity contribution is -0.0958. The highest BCUT2D eigenvalue weighted by Crippen LogP contribution is 2.44. The molecule has 1 heterocycles. The van der Waals surface area contributed by atoms with Crippen molar-refractivity contribution in [2.75, 3.05) is 13.1 Å². The normalized spacial score (nSPS) is 22.1. The zero-order valence-electron chi connectivity index (χ0n) is 10.0. The van der Waals surface area contributed by atoms with Gasteiger partial charge in [-0.3, -0.25) is 4.79 Å². The zero-order chi connectivity index (χ0) is 12.0. The minimum absolute atomic E-state index is 0.0408. The Morgan fingerprint density at radius 1 is 1.41 bits per heavy atom. The molecular formula is C14H17NO2. The molecule has 2 fully saturated rings. The van der Waals surface area contributed by atoms with Gasteiger partial charge in [0, 0.05) is 5.56 Å². The van der Waals surface area contributed by atoms with E-state index in [-0.39, 0.29) is 5.91 Å². The van der Waals surface area contributed by atoms with Crippen LogP contribution in [0.1, 0.15) is 28.8 Å². The van der Waals surface area contributed by atoms with Gasteiger partial charge in [-0.15, -0.1) is 0 Å². The van der Waals surface area contributed by atoms with E-state index in [0.717, 1.165) is 24.0 Å². The fourth-order valence-corrected chi connectivity index (χ4v) is 2.60. The van der Waals surface area contributed by atoms with Crippen molar-refractivity contribution in [2.45, 2.75) is 25.4 Å². The molecule has 3 heteroatoms. The van der Waals surface area contributed by atoms with Crippen LogP contribution in [-0.2, 0) is 0 Å². The quantitative estimate of drug-likeness (QED) is 0.839. The van der Waals surface area contributed by atoms with Crippen molar-refractivity contribution in [2.24, 2.45) is 5.92 Å². The molecule has 0 aromatic heterocycles. The second kappa shape index (κ2) is 3.57. The van der Waals surface area contributed by atoms with E-state index in [4.69, 9.17) is 0 Å². The highest BCUT2D eigenvalue weighted by molar-refractivity contribution is 5.95. The number of hydrogen-bond donors (Lipinski definition) is 1. The number of amides is 1. The Bertz CT molecular complexity index is 459. The zero-order valence-corrected chi connectivity index (χ0v) is 10.0. The third-order valence-corrected chi connectivity index (χ3v) is 3.82. The summed E-state index contributed by atoms with van der Waals surface area (Å²) in [7, 11) is 0.